The fraction of sp³-hybridized carbons (Fsp3) is 0.562. The van der Waals surface area contributed by atoms with Crippen molar-refractivity contribution in [3.8, 4) is 11.5 Å². The number of aromatic nitrogens is 4. The van der Waals surface area contributed by atoms with E-state index in [-0.39, 0.29) is 12.1 Å². The minimum absolute atomic E-state index is 0.196. The smallest absolute Gasteiger partial charge is 0.183 e. The Bertz CT molecular complexity index is 719. The number of hydrogen-bond acceptors (Lipinski definition) is 7. The van der Waals surface area contributed by atoms with E-state index in [1.165, 1.54) is 0 Å². The fourth-order valence-electron chi connectivity index (χ4n) is 3.56. The lowest BCUT2D eigenvalue weighted by molar-refractivity contribution is -0.0672. The molecular weight excluding hydrogens is 310 g/mol. The topological polar surface area (TPSA) is 74.5 Å². The highest BCUT2D eigenvalue weighted by molar-refractivity contribution is 5.42. The lowest BCUT2D eigenvalue weighted by atomic mass is 10.00. The van der Waals surface area contributed by atoms with E-state index in [0.29, 0.717) is 24.7 Å². The van der Waals surface area contributed by atoms with E-state index in [1.54, 1.807) is 26.6 Å². The highest BCUT2D eigenvalue weighted by Gasteiger charge is 2.36. The molecule has 0 unspecified atom stereocenters. The molecule has 4 rings (SSSR count). The molecule has 1 saturated heterocycles. The van der Waals surface area contributed by atoms with Gasteiger partial charge in [-0.05, 0) is 6.42 Å². The second-order valence-corrected chi connectivity index (χ2v) is 6.10. The van der Waals surface area contributed by atoms with Crippen LogP contribution in [0.25, 0.3) is 0 Å². The molecule has 0 amide bonds. The number of hydrogen-bond donors (Lipinski definition) is 0. The third kappa shape index (κ3) is 2.61. The van der Waals surface area contributed by atoms with Crippen LogP contribution in [-0.4, -0.2) is 58.3 Å². The Hall–Kier alpha value is -2.19. The SMILES string of the molecule is COc1ccnc(CN2CC[C@@H]3OCc4cnnn4[C@H]3C2)c1OC. The van der Waals surface area contributed by atoms with E-state index in [4.69, 9.17) is 14.2 Å². The number of nitrogens with zero attached hydrogens (tertiary/aromatic N) is 5. The Morgan fingerprint density at radius 3 is 3.08 bits per heavy atom. The lowest BCUT2D eigenvalue weighted by Crippen LogP contribution is -2.47. The third-order valence-corrected chi connectivity index (χ3v) is 4.75. The summed E-state index contributed by atoms with van der Waals surface area (Å²) in [5.74, 6) is 1.40. The van der Waals surface area contributed by atoms with Gasteiger partial charge in [-0.1, -0.05) is 5.21 Å². The number of ether oxygens (including phenoxy) is 3. The summed E-state index contributed by atoms with van der Waals surface area (Å²) in [6.45, 7) is 3.10. The minimum atomic E-state index is 0.196. The van der Waals surface area contributed by atoms with Crippen molar-refractivity contribution >= 4 is 0 Å². The molecule has 0 spiro atoms. The molecule has 24 heavy (non-hydrogen) atoms. The first-order chi connectivity index (χ1) is 11.8. The number of pyridine rings is 1. The van der Waals surface area contributed by atoms with E-state index < -0.39 is 0 Å². The van der Waals surface area contributed by atoms with Crippen LogP contribution in [0.2, 0.25) is 0 Å². The summed E-state index contributed by atoms with van der Waals surface area (Å²) in [5, 5.41) is 8.26. The summed E-state index contributed by atoms with van der Waals surface area (Å²) < 4.78 is 18.8. The quantitative estimate of drug-likeness (QED) is 0.828. The van der Waals surface area contributed by atoms with Crippen LogP contribution >= 0.6 is 0 Å². The molecule has 8 nitrogen and oxygen atoms in total. The molecule has 0 N–H and O–H groups in total. The van der Waals surface area contributed by atoms with Gasteiger partial charge in [0.05, 0.1) is 44.9 Å². The maximum absolute atomic E-state index is 5.96. The second-order valence-electron chi connectivity index (χ2n) is 6.10. The van der Waals surface area contributed by atoms with Gasteiger partial charge in [0.1, 0.15) is 5.69 Å². The van der Waals surface area contributed by atoms with Crippen LogP contribution < -0.4 is 9.47 Å². The fourth-order valence-corrected chi connectivity index (χ4v) is 3.56. The Morgan fingerprint density at radius 2 is 2.25 bits per heavy atom. The highest BCUT2D eigenvalue weighted by atomic mass is 16.5. The number of rotatable bonds is 4. The van der Waals surface area contributed by atoms with Gasteiger partial charge in [0.25, 0.3) is 0 Å². The number of piperidine rings is 1. The van der Waals surface area contributed by atoms with Crippen LogP contribution in [0.4, 0.5) is 0 Å². The average Bonchev–Trinajstić information content (AvgIpc) is 3.10. The molecule has 2 atom stereocenters. The third-order valence-electron chi connectivity index (χ3n) is 4.75. The largest absolute Gasteiger partial charge is 0.493 e. The molecule has 4 heterocycles. The Kier molecular flexibility index (Phi) is 4.07. The Balaban J connectivity index is 1.54. The Labute approximate surface area is 140 Å². The van der Waals surface area contributed by atoms with Gasteiger partial charge in [0.2, 0.25) is 0 Å². The molecule has 1 fully saturated rings. The molecule has 0 bridgehead atoms. The normalized spacial score (nSPS) is 23.4. The van der Waals surface area contributed by atoms with Crippen LogP contribution in [0.3, 0.4) is 0 Å². The van der Waals surface area contributed by atoms with Crippen LogP contribution in [0.5, 0.6) is 11.5 Å². The van der Waals surface area contributed by atoms with Crippen molar-refractivity contribution in [2.75, 3.05) is 27.3 Å². The molecule has 8 heteroatoms. The van der Waals surface area contributed by atoms with E-state index in [0.717, 1.165) is 30.9 Å². The van der Waals surface area contributed by atoms with Crippen molar-refractivity contribution in [2.24, 2.45) is 0 Å². The van der Waals surface area contributed by atoms with Crippen molar-refractivity contribution < 1.29 is 14.2 Å². The second kappa shape index (κ2) is 6.37. The van der Waals surface area contributed by atoms with Crippen LogP contribution in [-0.2, 0) is 17.9 Å². The zero-order valence-electron chi connectivity index (χ0n) is 13.9. The zero-order valence-corrected chi connectivity index (χ0v) is 13.9. The summed E-state index contributed by atoms with van der Waals surface area (Å²) in [5.41, 5.74) is 1.92. The zero-order chi connectivity index (χ0) is 16.5. The Morgan fingerprint density at radius 1 is 1.33 bits per heavy atom. The van der Waals surface area contributed by atoms with Crippen molar-refractivity contribution in [2.45, 2.75) is 31.7 Å². The molecular formula is C16H21N5O3. The molecule has 2 aromatic rings. The minimum Gasteiger partial charge on any atom is -0.493 e. The van der Waals surface area contributed by atoms with E-state index in [1.807, 2.05) is 10.7 Å². The van der Waals surface area contributed by atoms with Crippen molar-refractivity contribution in [1.29, 1.82) is 0 Å². The predicted octanol–water partition coefficient (Wildman–Crippen LogP) is 1.04. The molecule has 2 aliphatic rings. The molecule has 0 aromatic carbocycles. The van der Waals surface area contributed by atoms with Gasteiger partial charge in [-0.3, -0.25) is 9.88 Å². The first-order valence-corrected chi connectivity index (χ1v) is 8.09. The van der Waals surface area contributed by atoms with Gasteiger partial charge >= 0.3 is 0 Å². The van der Waals surface area contributed by atoms with Gasteiger partial charge in [0.15, 0.2) is 11.5 Å². The van der Waals surface area contributed by atoms with Crippen molar-refractivity contribution in [3.63, 3.8) is 0 Å². The monoisotopic (exact) mass is 331 g/mol. The first-order valence-electron chi connectivity index (χ1n) is 8.09. The summed E-state index contributed by atoms with van der Waals surface area (Å²) >= 11 is 0. The van der Waals surface area contributed by atoms with E-state index in [9.17, 15) is 0 Å². The molecule has 0 radical (unpaired) electrons. The molecule has 0 saturated carbocycles. The molecule has 0 aliphatic carbocycles. The van der Waals surface area contributed by atoms with Crippen LogP contribution in [0.15, 0.2) is 18.5 Å². The lowest BCUT2D eigenvalue weighted by Gasteiger charge is -2.40. The summed E-state index contributed by atoms with van der Waals surface area (Å²) in [7, 11) is 3.28. The van der Waals surface area contributed by atoms with E-state index in [2.05, 4.69) is 20.2 Å². The van der Waals surface area contributed by atoms with Crippen LogP contribution in [0, 0.1) is 0 Å². The molecule has 2 aliphatic heterocycles. The summed E-state index contributed by atoms with van der Waals surface area (Å²) in [6, 6.07) is 2.01. The maximum atomic E-state index is 5.96. The molecule has 128 valence electrons. The van der Waals surface area contributed by atoms with Crippen molar-refractivity contribution in [3.05, 3.63) is 29.8 Å². The van der Waals surface area contributed by atoms with Crippen LogP contribution in [0.1, 0.15) is 23.9 Å². The number of fused-ring (bicyclic) bond motifs is 3. The predicted molar refractivity (Wildman–Crippen MR) is 84.9 cm³/mol. The average molecular weight is 331 g/mol. The van der Waals surface area contributed by atoms with Gasteiger partial charge in [-0.2, -0.15) is 0 Å². The van der Waals surface area contributed by atoms with Gasteiger partial charge in [-0.15, -0.1) is 5.10 Å². The first kappa shape index (κ1) is 15.3. The number of likely N-dealkylation sites (tertiary alicyclic amines) is 1. The van der Waals surface area contributed by atoms with Gasteiger partial charge in [-0.25, -0.2) is 4.68 Å². The molecule has 2 aromatic heterocycles. The highest BCUT2D eigenvalue weighted by Crippen LogP contribution is 2.33. The van der Waals surface area contributed by atoms with Gasteiger partial charge < -0.3 is 14.2 Å². The maximum Gasteiger partial charge on any atom is 0.183 e. The summed E-state index contributed by atoms with van der Waals surface area (Å²) in [4.78, 5) is 6.83. The summed E-state index contributed by atoms with van der Waals surface area (Å²) in [6.07, 6.45) is 4.71. The van der Waals surface area contributed by atoms with E-state index >= 15 is 0 Å². The van der Waals surface area contributed by atoms with Gasteiger partial charge in [0, 0.05) is 31.9 Å². The standard InChI is InChI=1S/C16H21N5O3/c1-22-15-3-5-17-12(16(15)23-2)8-20-6-4-14-13(9-20)21-11(10-24-14)7-18-19-21/h3,5,7,13-14H,4,6,8-10H2,1-2H3/t13-,14-/m0/s1. The van der Waals surface area contributed by atoms with Crippen molar-refractivity contribution in [1.82, 2.24) is 24.9 Å². The number of methoxy groups -OCH3 is 2.